The van der Waals surface area contributed by atoms with Crippen LogP contribution in [0.25, 0.3) is 0 Å². The molecule has 8 nitrogen and oxygen atoms in total. The van der Waals surface area contributed by atoms with Crippen molar-refractivity contribution < 1.29 is 19.4 Å². The van der Waals surface area contributed by atoms with Crippen molar-refractivity contribution in [2.75, 3.05) is 18.6 Å². The first-order chi connectivity index (χ1) is 18.3. The molecule has 5 rings (SSSR count). The fraction of sp³-hybridized carbons (Fsp3) is 0.500. The number of hydrogen-bond donors (Lipinski definition) is 3. The summed E-state index contributed by atoms with van der Waals surface area (Å²) >= 11 is 0. The van der Waals surface area contributed by atoms with E-state index < -0.39 is 6.09 Å². The maximum absolute atomic E-state index is 13.5. The fourth-order valence-corrected chi connectivity index (χ4v) is 6.79. The number of aryl methyl sites for hydroxylation is 2. The number of nitrogens with one attached hydrogen (secondary N) is 2. The van der Waals surface area contributed by atoms with E-state index in [0.717, 1.165) is 73.1 Å². The van der Waals surface area contributed by atoms with Crippen LogP contribution in [0.2, 0.25) is 0 Å². The third-order valence-corrected chi connectivity index (χ3v) is 8.51. The Hall–Kier alpha value is -3.55. The smallest absolute Gasteiger partial charge is 0.404 e. The summed E-state index contributed by atoms with van der Waals surface area (Å²) in [6.07, 6.45) is 9.89. The van der Waals surface area contributed by atoms with Crippen LogP contribution in [-0.2, 0) is 19.4 Å². The van der Waals surface area contributed by atoms with Gasteiger partial charge in [0.05, 0.1) is 7.11 Å². The maximum Gasteiger partial charge on any atom is 0.404 e. The van der Waals surface area contributed by atoms with Gasteiger partial charge in [-0.1, -0.05) is 18.2 Å². The standard InChI is InChI=1S/C30H38N4O4/c1-4-34(22-16-30(17-22)14-21(15-30)33-29(36)37)26-12-8-11-24-23(26)10-7-5-6-9-20-13-19(2)32-28(38-3)25(20)18-31-27(24)35/h5,7-8,11-13,21-22,33H,4,6,9-10,14-18H2,1-3H3,(H,31,35)(H,36,37). The van der Waals surface area contributed by atoms with Crippen molar-refractivity contribution in [2.24, 2.45) is 5.41 Å². The van der Waals surface area contributed by atoms with E-state index in [2.05, 4.69) is 51.7 Å². The fourth-order valence-electron chi connectivity index (χ4n) is 6.79. The number of carbonyl (C=O) groups is 2. The van der Waals surface area contributed by atoms with E-state index in [1.807, 2.05) is 19.1 Å². The van der Waals surface area contributed by atoms with Gasteiger partial charge in [-0.15, -0.1) is 0 Å². The summed E-state index contributed by atoms with van der Waals surface area (Å²) < 4.78 is 5.57. The summed E-state index contributed by atoms with van der Waals surface area (Å²) in [4.78, 5) is 31.5. The van der Waals surface area contributed by atoms with Crippen LogP contribution < -0.4 is 20.3 Å². The van der Waals surface area contributed by atoms with E-state index in [0.29, 0.717) is 30.5 Å². The highest BCUT2D eigenvalue weighted by atomic mass is 16.5. The number of carbonyl (C=O) groups excluding carboxylic acids is 1. The molecule has 0 unspecified atom stereocenters. The number of pyridine rings is 1. The average Bonchev–Trinajstić information content (AvgIpc) is 2.84. The lowest BCUT2D eigenvalue weighted by Crippen LogP contribution is -2.61. The van der Waals surface area contributed by atoms with E-state index in [4.69, 9.17) is 9.84 Å². The second kappa shape index (κ2) is 10.7. The van der Waals surface area contributed by atoms with Crippen LogP contribution in [0, 0.1) is 12.3 Å². The van der Waals surface area contributed by atoms with Crippen LogP contribution >= 0.6 is 0 Å². The molecule has 38 heavy (non-hydrogen) atoms. The number of allylic oxidation sites excluding steroid dienone is 2. The van der Waals surface area contributed by atoms with Gasteiger partial charge in [0.25, 0.3) is 5.91 Å². The highest BCUT2D eigenvalue weighted by Gasteiger charge is 2.54. The van der Waals surface area contributed by atoms with Crippen molar-refractivity contribution in [1.29, 1.82) is 0 Å². The zero-order valence-corrected chi connectivity index (χ0v) is 22.5. The lowest BCUT2D eigenvalue weighted by Gasteiger charge is -2.60. The Balaban J connectivity index is 1.38. The number of fused-ring (bicyclic) bond motifs is 2. The predicted molar refractivity (Wildman–Crippen MR) is 147 cm³/mol. The first kappa shape index (κ1) is 26.1. The number of amides is 2. The molecule has 3 N–H and O–H groups in total. The molecular formula is C30H38N4O4. The summed E-state index contributed by atoms with van der Waals surface area (Å²) in [7, 11) is 1.62. The molecule has 2 amide bonds. The lowest BCUT2D eigenvalue weighted by molar-refractivity contribution is -0.0183. The van der Waals surface area contributed by atoms with Crippen LogP contribution in [0.4, 0.5) is 10.5 Å². The number of benzene rings is 1. The molecule has 2 saturated carbocycles. The topological polar surface area (TPSA) is 104 Å². The normalized spacial score (nSPS) is 24.4. The zero-order chi connectivity index (χ0) is 26.9. The third kappa shape index (κ3) is 5.08. The third-order valence-electron chi connectivity index (χ3n) is 8.51. The minimum Gasteiger partial charge on any atom is -0.481 e. The van der Waals surface area contributed by atoms with Gasteiger partial charge in [0.1, 0.15) is 0 Å². The highest BCUT2D eigenvalue weighted by Crippen LogP contribution is 2.57. The van der Waals surface area contributed by atoms with Crippen molar-refractivity contribution in [3.8, 4) is 5.88 Å². The van der Waals surface area contributed by atoms with Gasteiger partial charge in [-0.05, 0) is 93.5 Å². The molecule has 2 aromatic rings. The van der Waals surface area contributed by atoms with Crippen LogP contribution in [-0.4, -0.2) is 47.8 Å². The van der Waals surface area contributed by atoms with E-state index in [9.17, 15) is 9.59 Å². The van der Waals surface area contributed by atoms with Gasteiger partial charge in [0.15, 0.2) is 0 Å². The van der Waals surface area contributed by atoms with E-state index in [1.54, 1.807) is 7.11 Å². The second-order valence-corrected chi connectivity index (χ2v) is 11.0. The molecule has 3 aliphatic rings. The quantitative estimate of drug-likeness (QED) is 0.492. The Bertz CT molecular complexity index is 1240. The molecule has 0 bridgehead atoms. The van der Waals surface area contributed by atoms with Crippen molar-refractivity contribution in [3.05, 3.63) is 64.4 Å². The van der Waals surface area contributed by atoms with Gasteiger partial charge in [0.2, 0.25) is 5.88 Å². The number of carboxylic acid groups (broad SMARTS) is 1. The number of hydrogen-bond acceptors (Lipinski definition) is 5. The Morgan fingerprint density at radius 1 is 1.24 bits per heavy atom. The molecule has 0 radical (unpaired) electrons. The van der Waals surface area contributed by atoms with Gasteiger partial charge in [-0.25, -0.2) is 9.78 Å². The minimum atomic E-state index is -0.934. The number of ether oxygens (including phenoxy) is 1. The molecule has 2 aliphatic carbocycles. The predicted octanol–water partition coefficient (Wildman–Crippen LogP) is 4.78. The van der Waals surface area contributed by atoms with Crippen LogP contribution in [0.5, 0.6) is 5.88 Å². The van der Waals surface area contributed by atoms with Crippen molar-refractivity contribution in [2.45, 2.75) is 77.4 Å². The van der Waals surface area contributed by atoms with Crippen molar-refractivity contribution >= 4 is 17.7 Å². The number of rotatable bonds is 5. The van der Waals surface area contributed by atoms with Gasteiger partial charge in [-0.3, -0.25) is 4.79 Å². The van der Waals surface area contributed by atoms with Crippen LogP contribution in [0.1, 0.15) is 71.8 Å². The molecular weight excluding hydrogens is 480 g/mol. The van der Waals surface area contributed by atoms with Crippen molar-refractivity contribution in [1.82, 2.24) is 15.6 Å². The average molecular weight is 519 g/mol. The minimum absolute atomic E-state index is 0.0812. The number of aromatic nitrogens is 1. The SMILES string of the molecule is CCN(c1cccc2c1CC=CCCc1cc(C)nc(OC)c1CNC2=O)C1CC2(CC(NC(=O)O)C2)C1. The van der Waals surface area contributed by atoms with E-state index >= 15 is 0 Å². The molecule has 8 heteroatoms. The highest BCUT2D eigenvalue weighted by molar-refractivity contribution is 5.97. The number of anilines is 1. The summed E-state index contributed by atoms with van der Waals surface area (Å²) in [6.45, 7) is 5.36. The Kier molecular flexibility index (Phi) is 7.32. The number of nitrogens with zero attached hydrogens (tertiary/aromatic N) is 2. The molecule has 1 aromatic heterocycles. The summed E-state index contributed by atoms with van der Waals surface area (Å²) in [5.74, 6) is 0.482. The Morgan fingerprint density at radius 2 is 2.03 bits per heavy atom. The summed E-state index contributed by atoms with van der Waals surface area (Å²) in [5, 5.41) is 14.8. The molecule has 0 saturated heterocycles. The van der Waals surface area contributed by atoms with Crippen molar-refractivity contribution in [3.63, 3.8) is 0 Å². The van der Waals surface area contributed by atoms with Gasteiger partial charge in [-0.2, -0.15) is 0 Å². The van der Waals surface area contributed by atoms with Gasteiger partial charge in [0, 0.05) is 47.7 Å². The van der Waals surface area contributed by atoms with E-state index in [1.165, 1.54) is 0 Å². The second-order valence-electron chi connectivity index (χ2n) is 11.0. The monoisotopic (exact) mass is 518 g/mol. The van der Waals surface area contributed by atoms with Gasteiger partial charge < -0.3 is 25.4 Å². The maximum atomic E-state index is 13.5. The summed E-state index contributed by atoms with van der Waals surface area (Å²) in [6, 6.07) is 8.61. The molecule has 1 aliphatic heterocycles. The first-order valence-electron chi connectivity index (χ1n) is 13.7. The Morgan fingerprint density at radius 3 is 2.74 bits per heavy atom. The Labute approximate surface area is 224 Å². The van der Waals surface area contributed by atoms with Crippen LogP contribution in [0.3, 0.4) is 0 Å². The lowest BCUT2D eigenvalue weighted by atomic mass is 9.51. The summed E-state index contributed by atoms with van der Waals surface area (Å²) in [5.41, 5.74) is 6.14. The zero-order valence-electron chi connectivity index (χ0n) is 22.5. The molecule has 0 atom stereocenters. The first-order valence-corrected chi connectivity index (χ1v) is 13.7. The van der Waals surface area contributed by atoms with Crippen LogP contribution in [0.15, 0.2) is 36.4 Å². The molecule has 2 fully saturated rings. The molecule has 1 aromatic carbocycles. The number of methoxy groups -OCH3 is 1. The molecule has 202 valence electrons. The molecule has 1 spiro atoms. The largest absolute Gasteiger partial charge is 0.481 e. The molecule has 2 heterocycles. The van der Waals surface area contributed by atoms with E-state index in [-0.39, 0.29) is 17.4 Å². The van der Waals surface area contributed by atoms with Gasteiger partial charge >= 0.3 is 6.09 Å².